The van der Waals surface area contributed by atoms with Gasteiger partial charge in [0.25, 0.3) is 5.56 Å². The molecule has 0 radical (unpaired) electrons. The van der Waals surface area contributed by atoms with Crippen LogP contribution in [0.25, 0.3) is 16.8 Å². The van der Waals surface area contributed by atoms with E-state index in [0.717, 1.165) is 40.9 Å². The normalized spacial score (nSPS) is 31.9. The van der Waals surface area contributed by atoms with Crippen LogP contribution in [0.4, 0.5) is 0 Å². The van der Waals surface area contributed by atoms with Gasteiger partial charge in [0.15, 0.2) is 17.6 Å². The number of hydrogen-bond acceptors (Lipinski definition) is 6. The number of imidazole rings is 1. The molecule has 0 unspecified atom stereocenters. The summed E-state index contributed by atoms with van der Waals surface area (Å²) in [6, 6.07) is 11.4. The summed E-state index contributed by atoms with van der Waals surface area (Å²) in [5.74, 6) is 1.74. The molecular weight excluding hydrogens is 456 g/mol. The Hall–Kier alpha value is -3.36. The van der Waals surface area contributed by atoms with E-state index in [9.17, 15) is 15.0 Å². The van der Waals surface area contributed by atoms with Gasteiger partial charge in [0.05, 0.1) is 27.7 Å². The third-order valence-electron chi connectivity index (χ3n) is 9.82. The maximum absolute atomic E-state index is 13.6. The zero-order chi connectivity index (χ0) is 24.0. The van der Waals surface area contributed by atoms with E-state index >= 15 is 0 Å². The lowest BCUT2D eigenvalue weighted by atomic mass is 9.49. The van der Waals surface area contributed by atoms with Crippen molar-refractivity contribution in [1.82, 2.24) is 19.3 Å². The van der Waals surface area contributed by atoms with Crippen molar-refractivity contribution in [3.63, 3.8) is 0 Å². The number of nitrogens with one attached hydrogen (secondary N) is 1. The van der Waals surface area contributed by atoms with Gasteiger partial charge in [-0.05, 0) is 61.9 Å². The molecule has 8 heteroatoms. The van der Waals surface area contributed by atoms with Gasteiger partial charge in [-0.25, -0.2) is 4.98 Å². The molecule has 2 aromatic carbocycles. The Balaban J connectivity index is 1.39. The number of likely N-dealkylation sites (tertiary alicyclic amines) is 1. The van der Waals surface area contributed by atoms with Gasteiger partial charge in [-0.1, -0.05) is 18.2 Å². The highest BCUT2D eigenvalue weighted by molar-refractivity contribution is 5.80. The molecule has 182 valence electrons. The molecule has 3 N–H and O–H groups in total. The van der Waals surface area contributed by atoms with E-state index in [0.29, 0.717) is 35.9 Å². The Bertz CT molecular complexity index is 1700. The van der Waals surface area contributed by atoms with E-state index in [1.807, 2.05) is 34.7 Å². The summed E-state index contributed by atoms with van der Waals surface area (Å²) in [5, 5.41) is 23.7. The molecular formula is C28H26N4O4. The van der Waals surface area contributed by atoms with Crippen molar-refractivity contribution in [1.29, 1.82) is 0 Å². The Labute approximate surface area is 206 Å². The van der Waals surface area contributed by atoms with Gasteiger partial charge in [0.1, 0.15) is 0 Å². The molecule has 0 amide bonds. The Morgan fingerprint density at radius 1 is 1.19 bits per heavy atom. The lowest BCUT2D eigenvalue weighted by molar-refractivity contribution is -0.174. The second-order valence-electron chi connectivity index (χ2n) is 11.5. The first-order valence-corrected chi connectivity index (χ1v) is 13.0. The van der Waals surface area contributed by atoms with Crippen LogP contribution in [-0.4, -0.2) is 54.2 Å². The minimum atomic E-state index is -1.18. The molecule has 4 atom stereocenters. The Kier molecular flexibility index (Phi) is 3.37. The van der Waals surface area contributed by atoms with Crippen molar-refractivity contribution in [3.8, 4) is 11.5 Å². The van der Waals surface area contributed by atoms with Crippen LogP contribution >= 0.6 is 0 Å². The molecule has 2 aromatic heterocycles. The fourth-order valence-corrected chi connectivity index (χ4v) is 8.15. The number of hydrogen-bond donors (Lipinski definition) is 3. The largest absolute Gasteiger partial charge is 0.504 e. The number of aromatic nitrogens is 3. The lowest BCUT2D eigenvalue weighted by Crippen LogP contribution is -2.75. The summed E-state index contributed by atoms with van der Waals surface area (Å²) in [7, 11) is 0. The molecule has 1 saturated heterocycles. The van der Waals surface area contributed by atoms with Crippen LogP contribution in [0.3, 0.4) is 0 Å². The van der Waals surface area contributed by atoms with Crippen molar-refractivity contribution in [2.75, 3.05) is 13.1 Å². The molecule has 2 aliphatic heterocycles. The minimum Gasteiger partial charge on any atom is -0.504 e. The van der Waals surface area contributed by atoms with Crippen molar-refractivity contribution in [2.45, 2.75) is 55.3 Å². The molecule has 8 nitrogen and oxygen atoms in total. The van der Waals surface area contributed by atoms with Crippen LogP contribution in [0.2, 0.25) is 0 Å². The zero-order valence-corrected chi connectivity index (χ0v) is 19.7. The standard InChI is InChI=1S/C28H26N4O4/c33-19-8-7-15-11-20-28(35)12-16-22(32-18-4-2-1-3-17(18)29-26(32)30-25(16)34)24-27(28,21(15)23(19)36-24)9-10-31(20)13-14-5-6-14/h1-4,7-8,14,20,24,33,35H,5-6,9-13H2,(H,29,30,34)/t20-,24-,27-,28+/m0/s1. The zero-order valence-electron chi connectivity index (χ0n) is 19.7. The molecule has 1 saturated carbocycles. The molecule has 4 heterocycles. The van der Waals surface area contributed by atoms with E-state index in [1.54, 1.807) is 6.07 Å². The number of phenolic OH excluding ortho intramolecular Hbond substituents is 1. The first kappa shape index (κ1) is 19.8. The highest BCUT2D eigenvalue weighted by Crippen LogP contribution is 2.68. The monoisotopic (exact) mass is 482 g/mol. The summed E-state index contributed by atoms with van der Waals surface area (Å²) in [5.41, 5.74) is 2.94. The first-order valence-electron chi connectivity index (χ1n) is 13.0. The van der Waals surface area contributed by atoms with Crippen LogP contribution in [-0.2, 0) is 18.3 Å². The van der Waals surface area contributed by atoms with Crippen LogP contribution in [0.15, 0.2) is 41.2 Å². The number of rotatable bonds is 2. The number of phenols is 1. The molecule has 1 spiro atoms. The van der Waals surface area contributed by atoms with E-state index in [2.05, 4.69) is 9.88 Å². The number of aromatic hydroxyl groups is 1. The van der Waals surface area contributed by atoms with Crippen LogP contribution < -0.4 is 10.3 Å². The molecule has 3 aliphatic carbocycles. The van der Waals surface area contributed by atoms with E-state index in [-0.39, 0.29) is 23.8 Å². The molecule has 2 bridgehead atoms. The third-order valence-corrected chi connectivity index (χ3v) is 9.82. The highest BCUT2D eigenvalue weighted by atomic mass is 16.5. The average molecular weight is 483 g/mol. The molecule has 4 aromatic rings. The molecule has 5 aliphatic rings. The summed E-state index contributed by atoms with van der Waals surface area (Å²) in [6.45, 7) is 1.85. The smallest absolute Gasteiger partial charge is 0.255 e. The van der Waals surface area contributed by atoms with Crippen LogP contribution in [0, 0.1) is 5.92 Å². The minimum absolute atomic E-state index is 0.0943. The predicted molar refractivity (Wildman–Crippen MR) is 132 cm³/mol. The van der Waals surface area contributed by atoms with Gasteiger partial charge in [0, 0.05) is 30.1 Å². The fraction of sp³-hybridized carbons (Fsp3) is 0.429. The van der Waals surface area contributed by atoms with Crippen molar-refractivity contribution >= 4 is 16.8 Å². The second-order valence-corrected chi connectivity index (χ2v) is 11.5. The highest BCUT2D eigenvalue weighted by Gasteiger charge is 2.73. The average Bonchev–Trinajstić information content (AvgIpc) is 3.49. The van der Waals surface area contributed by atoms with Gasteiger partial charge in [-0.3, -0.25) is 19.1 Å². The van der Waals surface area contributed by atoms with E-state index < -0.39 is 17.1 Å². The first-order chi connectivity index (χ1) is 17.5. The molecule has 36 heavy (non-hydrogen) atoms. The topological polar surface area (TPSA) is 103 Å². The number of H-pyrrole nitrogens is 1. The predicted octanol–water partition coefficient (Wildman–Crippen LogP) is 2.58. The van der Waals surface area contributed by atoms with Crippen LogP contribution in [0.5, 0.6) is 11.5 Å². The van der Waals surface area contributed by atoms with Gasteiger partial charge in [-0.2, -0.15) is 0 Å². The summed E-state index contributed by atoms with van der Waals surface area (Å²) < 4.78 is 8.69. The van der Waals surface area contributed by atoms with Crippen molar-refractivity contribution in [3.05, 3.63) is 69.1 Å². The fourth-order valence-electron chi connectivity index (χ4n) is 8.15. The van der Waals surface area contributed by atoms with Gasteiger partial charge in [-0.15, -0.1) is 0 Å². The van der Waals surface area contributed by atoms with E-state index in [1.165, 1.54) is 12.8 Å². The van der Waals surface area contributed by atoms with Crippen molar-refractivity contribution in [2.24, 2.45) is 5.92 Å². The quantitative estimate of drug-likeness (QED) is 0.406. The number of aromatic amines is 1. The summed E-state index contributed by atoms with van der Waals surface area (Å²) >= 11 is 0. The maximum Gasteiger partial charge on any atom is 0.255 e. The van der Waals surface area contributed by atoms with E-state index in [4.69, 9.17) is 9.72 Å². The SMILES string of the molecule is O=c1[nH]c2nc3ccccc3n2c2c1C[C@@]1(O)[C@@H]3Cc4ccc(O)c5c4[C@@]1(CCN3CC1CC1)[C@H]2O5. The lowest BCUT2D eigenvalue weighted by Gasteiger charge is -2.62. The number of benzene rings is 2. The summed E-state index contributed by atoms with van der Waals surface area (Å²) in [6.07, 6.45) is 3.55. The molecule has 9 rings (SSSR count). The Morgan fingerprint density at radius 2 is 2.06 bits per heavy atom. The number of nitrogens with zero attached hydrogens (tertiary/aromatic N) is 3. The third kappa shape index (κ3) is 2.08. The maximum atomic E-state index is 13.6. The number of fused-ring (bicyclic) bond motifs is 6. The number of aliphatic hydroxyl groups is 1. The second kappa shape index (κ2) is 6.12. The number of piperidine rings is 1. The van der Waals surface area contributed by atoms with Crippen molar-refractivity contribution < 1.29 is 14.9 Å². The van der Waals surface area contributed by atoms with Crippen LogP contribution in [0.1, 0.15) is 47.8 Å². The van der Waals surface area contributed by atoms with Gasteiger partial charge in [0.2, 0.25) is 5.78 Å². The number of para-hydroxylation sites is 2. The van der Waals surface area contributed by atoms with Gasteiger partial charge < -0.3 is 14.9 Å². The Morgan fingerprint density at radius 3 is 2.92 bits per heavy atom. The molecule has 2 fully saturated rings. The van der Waals surface area contributed by atoms with Gasteiger partial charge >= 0.3 is 0 Å². The summed E-state index contributed by atoms with van der Waals surface area (Å²) in [4.78, 5) is 23.7. The number of ether oxygens (including phenoxy) is 1.